The van der Waals surface area contributed by atoms with E-state index in [0.29, 0.717) is 0 Å². The lowest BCUT2D eigenvalue weighted by molar-refractivity contribution is 0.493. The maximum absolute atomic E-state index is 5.72. The van der Waals surface area contributed by atoms with E-state index in [4.69, 9.17) is 4.42 Å². The van der Waals surface area contributed by atoms with Gasteiger partial charge in [0, 0.05) is 14.5 Å². The summed E-state index contributed by atoms with van der Waals surface area (Å²) in [6.45, 7) is 9.26. The third-order valence-electron chi connectivity index (χ3n) is 3.58. The van der Waals surface area contributed by atoms with Crippen molar-refractivity contribution in [2.45, 2.75) is 40.2 Å². The Bertz CT molecular complexity index is 634. The van der Waals surface area contributed by atoms with Crippen molar-refractivity contribution in [2.24, 2.45) is 0 Å². The van der Waals surface area contributed by atoms with Crippen LogP contribution in [0.25, 0.3) is 0 Å². The van der Waals surface area contributed by atoms with E-state index < -0.39 is 0 Å². The summed E-state index contributed by atoms with van der Waals surface area (Å²) in [5.74, 6) is 1.93. The first-order chi connectivity index (χ1) is 9.93. The van der Waals surface area contributed by atoms with Crippen molar-refractivity contribution in [2.75, 3.05) is 6.54 Å². The first-order valence-electron chi connectivity index (χ1n) is 7.19. The standard InChI is InChI=1S/C17H21Br2NO/c1-5-6-20-17(13-8-11(3)21-12(13)4)14-9-15(18)10(2)7-16(14)19/h7-9,17,20H,5-6H2,1-4H3. The number of benzene rings is 1. The van der Waals surface area contributed by atoms with Crippen molar-refractivity contribution in [3.63, 3.8) is 0 Å². The van der Waals surface area contributed by atoms with Crippen molar-refractivity contribution in [3.05, 3.63) is 55.4 Å². The van der Waals surface area contributed by atoms with E-state index in [1.807, 2.05) is 13.8 Å². The second-order valence-electron chi connectivity index (χ2n) is 5.38. The molecule has 114 valence electrons. The summed E-state index contributed by atoms with van der Waals surface area (Å²) >= 11 is 7.35. The van der Waals surface area contributed by atoms with Gasteiger partial charge in [0.2, 0.25) is 0 Å². The Morgan fingerprint density at radius 2 is 1.76 bits per heavy atom. The van der Waals surface area contributed by atoms with Crippen LogP contribution in [0.5, 0.6) is 0 Å². The van der Waals surface area contributed by atoms with E-state index in [1.54, 1.807) is 0 Å². The average molecular weight is 415 g/mol. The molecule has 4 heteroatoms. The molecule has 0 aliphatic heterocycles. The van der Waals surface area contributed by atoms with Crippen molar-refractivity contribution in [3.8, 4) is 0 Å². The zero-order valence-electron chi connectivity index (χ0n) is 12.9. The summed E-state index contributed by atoms with van der Waals surface area (Å²) in [7, 11) is 0. The van der Waals surface area contributed by atoms with Crippen LogP contribution in [0.3, 0.4) is 0 Å². The normalized spacial score (nSPS) is 12.7. The molecule has 1 heterocycles. The molecule has 21 heavy (non-hydrogen) atoms. The molecular formula is C17H21Br2NO. The zero-order valence-corrected chi connectivity index (χ0v) is 16.1. The molecule has 0 bridgehead atoms. The van der Waals surface area contributed by atoms with Crippen LogP contribution in [-0.2, 0) is 0 Å². The van der Waals surface area contributed by atoms with Gasteiger partial charge in [-0.05, 0) is 63.1 Å². The molecular weight excluding hydrogens is 394 g/mol. The predicted molar refractivity (Wildman–Crippen MR) is 94.9 cm³/mol. The van der Waals surface area contributed by atoms with E-state index in [1.165, 1.54) is 16.7 Å². The molecule has 0 spiro atoms. The van der Waals surface area contributed by atoms with Gasteiger partial charge in [-0.3, -0.25) is 0 Å². The van der Waals surface area contributed by atoms with Gasteiger partial charge in [0.1, 0.15) is 11.5 Å². The van der Waals surface area contributed by atoms with Gasteiger partial charge in [0.15, 0.2) is 0 Å². The maximum Gasteiger partial charge on any atom is 0.106 e. The lowest BCUT2D eigenvalue weighted by Crippen LogP contribution is -2.24. The van der Waals surface area contributed by atoms with Gasteiger partial charge >= 0.3 is 0 Å². The highest BCUT2D eigenvalue weighted by molar-refractivity contribution is 9.11. The number of aryl methyl sites for hydroxylation is 3. The first-order valence-corrected chi connectivity index (χ1v) is 8.78. The molecule has 1 aromatic carbocycles. The Morgan fingerprint density at radius 1 is 1.05 bits per heavy atom. The molecule has 1 atom stereocenters. The summed E-state index contributed by atoms with van der Waals surface area (Å²) in [5, 5.41) is 3.63. The Morgan fingerprint density at radius 3 is 2.33 bits per heavy atom. The smallest absolute Gasteiger partial charge is 0.106 e. The Kier molecular flexibility index (Phi) is 5.69. The van der Waals surface area contributed by atoms with Crippen molar-refractivity contribution in [1.29, 1.82) is 0 Å². The number of nitrogens with one attached hydrogen (secondary N) is 1. The quantitative estimate of drug-likeness (QED) is 0.666. The molecule has 1 unspecified atom stereocenters. The summed E-state index contributed by atoms with van der Waals surface area (Å²) in [6.07, 6.45) is 1.09. The minimum atomic E-state index is 0.133. The minimum Gasteiger partial charge on any atom is -0.466 e. The van der Waals surface area contributed by atoms with E-state index in [0.717, 1.165) is 33.4 Å². The van der Waals surface area contributed by atoms with Gasteiger partial charge in [0.25, 0.3) is 0 Å². The van der Waals surface area contributed by atoms with Gasteiger partial charge in [-0.2, -0.15) is 0 Å². The Balaban J connectivity index is 2.50. The third kappa shape index (κ3) is 3.79. The van der Waals surface area contributed by atoms with Crippen molar-refractivity contribution < 1.29 is 4.42 Å². The zero-order chi connectivity index (χ0) is 15.6. The van der Waals surface area contributed by atoms with E-state index >= 15 is 0 Å². The Hall–Kier alpha value is -0.580. The number of rotatable bonds is 5. The van der Waals surface area contributed by atoms with Gasteiger partial charge < -0.3 is 9.73 Å². The largest absolute Gasteiger partial charge is 0.466 e. The highest BCUT2D eigenvalue weighted by atomic mass is 79.9. The fraction of sp³-hybridized carbons (Fsp3) is 0.412. The van der Waals surface area contributed by atoms with Crippen LogP contribution in [0, 0.1) is 20.8 Å². The second kappa shape index (κ2) is 7.12. The van der Waals surface area contributed by atoms with E-state index in [9.17, 15) is 0 Å². The molecule has 2 aromatic rings. The van der Waals surface area contributed by atoms with Crippen LogP contribution in [-0.4, -0.2) is 6.54 Å². The van der Waals surface area contributed by atoms with Crippen LogP contribution < -0.4 is 5.32 Å². The molecule has 0 amide bonds. The molecule has 0 fully saturated rings. The molecule has 2 rings (SSSR count). The lowest BCUT2D eigenvalue weighted by Gasteiger charge is -2.21. The van der Waals surface area contributed by atoms with Gasteiger partial charge in [-0.1, -0.05) is 38.8 Å². The topological polar surface area (TPSA) is 25.2 Å². The molecule has 1 aromatic heterocycles. The number of hydrogen-bond acceptors (Lipinski definition) is 2. The van der Waals surface area contributed by atoms with E-state index in [2.05, 4.69) is 69.2 Å². The lowest BCUT2D eigenvalue weighted by atomic mass is 9.97. The molecule has 0 radical (unpaired) electrons. The van der Waals surface area contributed by atoms with Crippen molar-refractivity contribution >= 4 is 31.9 Å². The highest BCUT2D eigenvalue weighted by Gasteiger charge is 2.21. The first kappa shape index (κ1) is 16.8. The van der Waals surface area contributed by atoms with Gasteiger partial charge in [-0.15, -0.1) is 0 Å². The van der Waals surface area contributed by atoms with Crippen LogP contribution in [0.4, 0.5) is 0 Å². The van der Waals surface area contributed by atoms with Crippen LogP contribution in [0.1, 0.15) is 47.6 Å². The molecule has 0 saturated carbocycles. The molecule has 2 nitrogen and oxygen atoms in total. The van der Waals surface area contributed by atoms with Crippen LogP contribution >= 0.6 is 31.9 Å². The number of furan rings is 1. The Labute approximate surface area is 143 Å². The predicted octanol–water partition coefficient (Wildman–Crippen LogP) is 5.82. The summed E-state index contributed by atoms with van der Waals surface area (Å²) in [4.78, 5) is 0. The molecule has 1 N–H and O–H groups in total. The van der Waals surface area contributed by atoms with Crippen molar-refractivity contribution in [1.82, 2.24) is 5.32 Å². The summed E-state index contributed by atoms with van der Waals surface area (Å²) in [6, 6.07) is 6.60. The second-order valence-corrected chi connectivity index (χ2v) is 7.09. The fourth-order valence-electron chi connectivity index (χ4n) is 2.50. The summed E-state index contributed by atoms with van der Waals surface area (Å²) < 4.78 is 7.97. The fourth-order valence-corrected chi connectivity index (χ4v) is 3.54. The maximum atomic E-state index is 5.72. The molecule has 0 aliphatic carbocycles. The molecule has 0 aliphatic rings. The summed E-state index contributed by atoms with van der Waals surface area (Å²) in [5.41, 5.74) is 3.65. The number of hydrogen-bond donors (Lipinski definition) is 1. The van der Waals surface area contributed by atoms with Gasteiger partial charge in [-0.25, -0.2) is 0 Å². The van der Waals surface area contributed by atoms with Crippen LogP contribution in [0.2, 0.25) is 0 Å². The molecule has 0 saturated heterocycles. The third-order valence-corrected chi connectivity index (χ3v) is 5.12. The number of halogens is 2. The minimum absolute atomic E-state index is 0.133. The highest BCUT2D eigenvalue weighted by Crippen LogP contribution is 2.35. The van der Waals surface area contributed by atoms with Gasteiger partial charge in [0.05, 0.1) is 6.04 Å². The SMILES string of the molecule is CCCNC(c1cc(Br)c(C)cc1Br)c1cc(C)oc1C. The monoisotopic (exact) mass is 413 g/mol. The average Bonchev–Trinajstić information content (AvgIpc) is 2.75. The van der Waals surface area contributed by atoms with Crippen LogP contribution in [0.15, 0.2) is 31.6 Å². The van der Waals surface area contributed by atoms with E-state index in [-0.39, 0.29) is 6.04 Å².